The molecule has 1 aliphatic carbocycles. The van der Waals surface area contributed by atoms with Gasteiger partial charge in [0.2, 0.25) is 0 Å². The first-order chi connectivity index (χ1) is 13.8. The third-order valence-corrected chi connectivity index (χ3v) is 5.98. The van der Waals surface area contributed by atoms with Gasteiger partial charge >= 0.3 is 0 Å². The lowest BCUT2D eigenvalue weighted by molar-refractivity contribution is 0.415. The lowest BCUT2D eigenvalue weighted by atomic mass is 9.94. The van der Waals surface area contributed by atoms with E-state index in [0.29, 0.717) is 0 Å². The molecule has 0 spiro atoms. The molecule has 0 radical (unpaired) electrons. The molecule has 1 heterocycles. The highest BCUT2D eigenvalue weighted by molar-refractivity contribution is 5.90. The van der Waals surface area contributed by atoms with Crippen LogP contribution in [0.3, 0.4) is 0 Å². The Balaban J connectivity index is 1.62. The molecule has 0 unspecified atom stereocenters. The van der Waals surface area contributed by atoms with E-state index in [4.69, 9.17) is 4.74 Å². The van der Waals surface area contributed by atoms with E-state index in [1.165, 1.54) is 59.0 Å². The van der Waals surface area contributed by atoms with E-state index >= 15 is 0 Å². The quantitative estimate of drug-likeness (QED) is 0.416. The monoisotopic (exact) mass is 367 g/mol. The minimum absolute atomic E-state index is 0.899. The van der Waals surface area contributed by atoms with Crippen LogP contribution in [0.15, 0.2) is 72.8 Å². The van der Waals surface area contributed by atoms with Crippen molar-refractivity contribution in [3.63, 3.8) is 0 Å². The summed E-state index contributed by atoms with van der Waals surface area (Å²) >= 11 is 0. The molecular formula is C26H25NO. The maximum absolute atomic E-state index is 5.31. The van der Waals surface area contributed by atoms with Crippen molar-refractivity contribution in [2.45, 2.75) is 32.2 Å². The summed E-state index contributed by atoms with van der Waals surface area (Å²) in [6, 6.07) is 26.2. The number of hydrogen-bond donors (Lipinski definition) is 0. The Kier molecular flexibility index (Phi) is 4.40. The largest absolute Gasteiger partial charge is 0.497 e. The molecule has 1 aromatic heterocycles. The van der Waals surface area contributed by atoms with Crippen molar-refractivity contribution in [2.75, 3.05) is 7.11 Å². The van der Waals surface area contributed by atoms with Crippen LogP contribution in [0.1, 0.15) is 29.7 Å². The smallest absolute Gasteiger partial charge is 0.118 e. The topological polar surface area (TPSA) is 14.2 Å². The number of methoxy groups -OCH3 is 1. The van der Waals surface area contributed by atoms with Crippen molar-refractivity contribution in [1.29, 1.82) is 0 Å². The first-order valence-electron chi connectivity index (χ1n) is 10.2. The predicted octanol–water partition coefficient (Wildman–Crippen LogP) is 6.24. The van der Waals surface area contributed by atoms with Crippen molar-refractivity contribution < 1.29 is 4.74 Å². The Morgan fingerprint density at radius 1 is 0.821 bits per heavy atom. The highest BCUT2D eigenvalue weighted by atomic mass is 16.5. The Bertz CT molecular complexity index is 1110. The molecule has 0 bridgehead atoms. The van der Waals surface area contributed by atoms with E-state index in [1.54, 1.807) is 12.7 Å². The van der Waals surface area contributed by atoms with Gasteiger partial charge in [0.15, 0.2) is 0 Å². The zero-order chi connectivity index (χ0) is 18.9. The SMILES string of the molecule is COc1ccc(-c2ccc3c(c2)c2c(n3Cc3ccccc3)CCCC2)cc1. The summed E-state index contributed by atoms with van der Waals surface area (Å²) in [7, 11) is 1.71. The van der Waals surface area contributed by atoms with Crippen LogP contribution in [0, 0.1) is 0 Å². The Morgan fingerprint density at radius 2 is 1.57 bits per heavy atom. The molecule has 4 aromatic rings. The molecule has 0 atom stereocenters. The summed E-state index contributed by atoms with van der Waals surface area (Å²) in [6.07, 6.45) is 4.97. The molecule has 0 saturated heterocycles. The van der Waals surface area contributed by atoms with Crippen LogP contribution in [0.25, 0.3) is 22.0 Å². The summed E-state index contributed by atoms with van der Waals surface area (Å²) in [5.74, 6) is 0.899. The van der Waals surface area contributed by atoms with Gasteiger partial charge in [-0.15, -0.1) is 0 Å². The summed E-state index contributed by atoms with van der Waals surface area (Å²) in [4.78, 5) is 0. The third kappa shape index (κ3) is 2.99. The standard InChI is InChI=1S/C26H25NO/c1-28-22-14-11-20(12-15-22)21-13-16-26-24(17-21)23-9-5-6-10-25(23)27(26)18-19-7-3-2-4-8-19/h2-4,7-8,11-17H,5-6,9-10,18H2,1H3. The minimum atomic E-state index is 0.899. The maximum atomic E-state index is 5.31. The van der Waals surface area contributed by atoms with Gasteiger partial charge in [0.25, 0.3) is 0 Å². The average molecular weight is 367 g/mol. The number of ether oxygens (including phenoxy) is 1. The van der Waals surface area contributed by atoms with Crippen molar-refractivity contribution in [2.24, 2.45) is 0 Å². The van der Waals surface area contributed by atoms with E-state index in [-0.39, 0.29) is 0 Å². The number of hydrogen-bond acceptors (Lipinski definition) is 1. The van der Waals surface area contributed by atoms with Gasteiger partial charge in [-0.1, -0.05) is 48.5 Å². The molecule has 0 amide bonds. The lowest BCUT2D eigenvalue weighted by Gasteiger charge is -2.16. The fourth-order valence-electron chi connectivity index (χ4n) is 4.55. The summed E-state index contributed by atoms with van der Waals surface area (Å²) in [6.45, 7) is 0.953. The average Bonchev–Trinajstić information content (AvgIpc) is 3.08. The first kappa shape index (κ1) is 17.1. The first-order valence-corrected chi connectivity index (χ1v) is 10.2. The molecule has 5 rings (SSSR count). The van der Waals surface area contributed by atoms with Gasteiger partial charge in [-0.3, -0.25) is 0 Å². The van der Waals surface area contributed by atoms with E-state index in [9.17, 15) is 0 Å². The van der Waals surface area contributed by atoms with Crippen LogP contribution in [0.4, 0.5) is 0 Å². The number of fused-ring (bicyclic) bond motifs is 3. The maximum Gasteiger partial charge on any atom is 0.118 e. The highest BCUT2D eigenvalue weighted by Gasteiger charge is 2.20. The molecule has 0 N–H and O–H groups in total. The third-order valence-electron chi connectivity index (χ3n) is 5.98. The number of rotatable bonds is 4. The van der Waals surface area contributed by atoms with E-state index < -0.39 is 0 Å². The van der Waals surface area contributed by atoms with Gasteiger partial charge in [-0.2, -0.15) is 0 Å². The Morgan fingerprint density at radius 3 is 2.36 bits per heavy atom. The zero-order valence-electron chi connectivity index (χ0n) is 16.3. The lowest BCUT2D eigenvalue weighted by Crippen LogP contribution is -2.09. The van der Waals surface area contributed by atoms with Crippen LogP contribution in [0.2, 0.25) is 0 Å². The van der Waals surface area contributed by atoms with Crippen LogP contribution >= 0.6 is 0 Å². The fraction of sp³-hybridized carbons (Fsp3) is 0.231. The van der Waals surface area contributed by atoms with Gasteiger partial charge in [0.05, 0.1) is 7.11 Å². The van der Waals surface area contributed by atoms with E-state index in [1.807, 2.05) is 12.1 Å². The normalized spacial score (nSPS) is 13.5. The van der Waals surface area contributed by atoms with Crippen molar-refractivity contribution in [3.05, 3.63) is 89.6 Å². The van der Waals surface area contributed by atoms with E-state index in [2.05, 4.69) is 65.2 Å². The Hall–Kier alpha value is -3.00. The second kappa shape index (κ2) is 7.20. The summed E-state index contributed by atoms with van der Waals surface area (Å²) in [5, 5.41) is 1.43. The molecule has 3 aromatic carbocycles. The molecular weight excluding hydrogens is 342 g/mol. The molecule has 2 heteroatoms. The van der Waals surface area contributed by atoms with Crippen LogP contribution in [0.5, 0.6) is 5.75 Å². The molecule has 140 valence electrons. The van der Waals surface area contributed by atoms with Gasteiger partial charge in [0, 0.05) is 23.1 Å². The number of nitrogens with zero attached hydrogens (tertiary/aromatic N) is 1. The predicted molar refractivity (Wildman–Crippen MR) is 116 cm³/mol. The summed E-state index contributed by atoms with van der Waals surface area (Å²) in [5.41, 5.74) is 8.35. The molecule has 0 aliphatic heterocycles. The number of aryl methyl sites for hydroxylation is 1. The van der Waals surface area contributed by atoms with Crippen molar-refractivity contribution >= 4 is 10.9 Å². The van der Waals surface area contributed by atoms with Gasteiger partial charge in [-0.25, -0.2) is 0 Å². The summed E-state index contributed by atoms with van der Waals surface area (Å²) < 4.78 is 7.86. The Labute approximate surface area is 166 Å². The number of benzene rings is 3. The number of aromatic nitrogens is 1. The van der Waals surface area contributed by atoms with E-state index in [0.717, 1.165) is 12.3 Å². The second-order valence-corrected chi connectivity index (χ2v) is 7.66. The molecule has 0 fully saturated rings. The molecule has 1 aliphatic rings. The molecule has 28 heavy (non-hydrogen) atoms. The van der Waals surface area contributed by atoms with Gasteiger partial charge < -0.3 is 9.30 Å². The van der Waals surface area contributed by atoms with Crippen LogP contribution in [-0.2, 0) is 19.4 Å². The van der Waals surface area contributed by atoms with Crippen LogP contribution in [-0.4, -0.2) is 11.7 Å². The molecule has 2 nitrogen and oxygen atoms in total. The van der Waals surface area contributed by atoms with Gasteiger partial charge in [-0.05, 0) is 72.2 Å². The van der Waals surface area contributed by atoms with Crippen molar-refractivity contribution in [3.8, 4) is 16.9 Å². The fourth-order valence-corrected chi connectivity index (χ4v) is 4.55. The van der Waals surface area contributed by atoms with Crippen molar-refractivity contribution in [1.82, 2.24) is 4.57 Å². The minimum Gasteiger partial charge on any atom is -0.497 e. The second-order valence-electron chi connectivity index (χ2n) is 7.66. The zero-order valence-corrected chi connectivity index (χ0v) is 16.3. The van der Waals surface area contributed by atoms with Gasteiger partial charge in [0.1, 0.15) is 5.75 Å². The molecule has 0 saturated carbocycles. The van der Waals surface area contributed by atoms with Crippen LogP contribution < -0.4 is 4.74 Å². The highest BCUT2D eigenvalue weighted by Crippen LogP contribution is 2.35.